The number of carbonyl (C=O) groups is 4. The van der Waals surface area contributed by atoms with Gasteiger partial charge in [0.25, 0.3) is 5.91 Å². The number of amides is 2. The first-order valence-corrected chi connectivity index (χ1v) is 15.9. The summed E-state index contributed by atoms with van der Waals surface area (Å²) >= 11 is 0. The number of nitrogens with two attached hydrogens (primary N) is 1. The quantitative estimate of drug-likeness (QED) is 0.195. The van der Waals surface area contributed by atoms with Gasteiger partial charge in [-0.25, -0.2) is 0 Å². The minimum atomic E-state index is -2.72. The number of likely N-dealkylation sites (N-methyl/N-ethyl adjacent to an activating group) is 1. The van der Waals surface area contributed by atoms with Crippen molar-refractivity contribution in [2.75, 3.05) is 51.5 Å². The molecule has 0 aromatic heterocycles. The van der Waals surface area contributed by atoms with Crippen molar-refractivity contribution in [3.63, 3.8) is 0 Å². The Morgan fingerprint density at radius 2 is 1.70 bits per heavy atom. The highest BCUT2D eigenvalue weighted by Gasteiger charge is 2.63. The van der Waals surface area contributed by atoms with Gasteiger partial charge in [0.15, 0.2) is 17.1 Å². The monoisotopic (exact) mass is 637 g/mol. The smallest absolute Gasteiger partial charge is 0.255 e. The van der Waals surface area contributed by atoms with Crippen molar-refractivity contribution < 1.29 is 39.6 Å². The summed E-state index contributed by atoms with van der Waals surface area (Å²) in [7, 11) is 6.72. The molecule has 5 aliphatic rings. The molecule has 0 radical (unpaired) electrons. The van der Waals surface area contributed by atoms with Crippen LogP contribution >= 0.6 is 0 Å². The number of nitrogens with one attached hydrogen (secondary N) is 1. The number of allylic oxidation sites excluding steroid dienone is 1. The van der Waals surface area contributed by atoms with E-state index in [-0.39, 0.29) is 41.5 Å². The van der Waals surface area contributed by atoms with Crippen LogP contribution < -0.4 is 16.0 Å². The van der Waals surface area contributed by atoms with Crippen molar-refractivity contribution in [3.05, 3.63) is 39.9 Å². The highest BCUT2D eigenvalue weighted by Crippen LogP contribution is 2.54. The number of hydrogen-bond acceptors (Lipinski definition) is 11. The first kappa shape index (κ1) is 32.0. The molecule has 1 aliphatic heterocycles. The van der Waals surface area contributed by atoms with E-state index in [1.807, 2.05) is 0 Å². The molecule has 1 saturated heterocycles. The molecule has 1 aromatic rings. The van der Waals surface area contributed by atoms with Gasteiger partial charge < -0.3 is 36.4 Å². The van der Waals surface area contributed by atoms with E-state index in [1.165, 1.54) is 24.2 Å². The van der Waals surface area contributed by atoms with Crippen LogP contribution in [-0.2, 0) is 20.8 Å². The lowest BCUT2D eigenvalue weighted by atomic mass is 9.58. The number of phenolic OH excluding ortho intramolecular Hbond substituents is 1. The van der Waals surface area contributed by atoms with Crippen molar-refractivity contribution >= 4 is 34.8 Å². The maximum Gasteiger partial charge on any atom is 0.255 e. The maximum absolute atomic E-state index is 14.2. The van der Waals surface area contributed by atoms with E-state index in [0.29, 0.717) is 30.4 Å². The number of likely N-dealkylation sites (tertiary alicyclic amines) is 1. The second kappa shape index (κ2) is 11.4. The molecule has 0 bridgehead atoms. The number of nitrogens with zero attached hydrogens (tertiary/aromatic N) is 3. The van der Waals surface area contributed by atoms with Gasteiger partial charge in [-0.05, 0) is 57.3 Å². The molecule has 0 spiro atoms. The molecule has 248 valence electrons. The summed E-state index contributed by atoms with van der Waals surface area (Å²) in [6.45, 7) is 1.26. The molecule has 2 fully saturated rings. The number of hydrogen-bond donors (Lipinski definition) is 6. The number of aliphatic hydroxyl groups excluding tert-OH is 2. The third-order valence-electron chi connectivity index (χ3n) is 10.8. The fraction of sp³-hybridized carbons (Fsp3) is 0.576. The molecule has 1 saturated carbocycles. The zero-order chi connectivity index (χ0) is 33.4. The molecule has 46 heavy (non-hydrogen) atoms. The topological polar surface area (TPSA) is 197 Å². The number of phenols is 1. The Morgan fingerprint density at radius 1 is 1.04 bits per heavy atom. The molecular formula is C33H43N5O8. The van der Waals surface area contributed by atoms with Gasteiger partial charge in [-0.3, -0.25) is 29.0 Å². The summed E-state index contributed by atoms with van der Waals surface area (Å²) < 4.78 is 0. The summed E-state index contributed by atoms with van der Waals surface area (Å²) in [5.74, 6) is -7.69. The Bertz CT molecular complexity index is 1590. The molecular weight excluding hydrogens is 594 g/mol. The Hall–Kier alpha value is -3.94. The number of aliphatic hydroxyl groups is 3. The van der Waals surface area contributed by atoms with Crippen molar-refractivity contribution in [2.24, 2.45) is 23.5 Å². The second-order valence-electron chi connectivity index (χ2n) is 13.9. The lowest BCUT2D eigenvalue weighted by Gasteiger charge is -2.50. The standard InChI is InChI=1S/C33H43N5O8/c1-36(2)21-12-20(35-32(45)16-13-38(14-16)17-8-6-5-7-9-17)26(39)23-18(21)10-15-11-19-25(37(3)4)28(41)24(31(34)44)30(43)33(19,46)29(42)22(15)27(23)40/h12,15-17,19,25,39,41-42,46H,5-11,13-14H2,1-4H3,(H2,34,44)(H,35,45)/t15-,19-,25-,33-/m0/s1. The van der Waals surface area contributed by atoms with Gasteiger partial charge in [-0.15, -0.1) is 0 Å². The number of Topliss-reactive ketones (excluding diaryl/α,β-unsaturated/α-hetero) is 2. The van der Waals surface area contributed by atoms with E-state index >= 15 is 0 Å². The average Bonchev–Trinajstić information content (AvgIpc) is 2.95. The molecule has 2 amide bonds. The number of primary amides is 1. The molecule has 13 nitrogen and oxygen atoms in total. The van der Waals surface area contributed by atoms with Crippen molar-refractivity contribution in [1.82, 2.24) is 9.80 Å². The highest BCUT2D eigenvalue weighted by atomic mass is 16.3. The van der Waals surface area contributed by atoms with Crippen LogP contribution in [0.2, 0.25) is 0 Å². The van der Waals surface area contributed by atoms with Crippen LogP contribution in [0, 0.1) is 17.8 Å². The van der Waals surface area contributed by atoms with Crippen LogP contribution in [0.5, 0.6) is 5.75 Å². The number of fused-ring (bicyclic) bond motifs is 3. The molecule has 7 N–H and O–H groups in total. The summed E-state index contributed by atoms with van der Waals surface area (Å²) in [6.07, 6.45) is 6.06. The van der Waals surface area contributed by atoms with E-state index in [1.54, 1.807) is 39.2 Å². The minimum absolute atomic E-state index is 0.00292. The summed E-state index contributed by atoms with van der Waals surface area (Å²) in [5.41, 5.74) is 2.58. The molecule has 1 heterocycles. The lowest BCUT2D eigenvalue weighted by Crippen LogP contribution is -2.63. The number of ketones is 2. The van der Waals surface area contributed by atoms with Gasteiger partial charge in [0, 0.05) is 50.4 Å². The molecule has 6 rings (SSSR count). The van der Waals surface area contributed by atoms with Crippen molar-refractivity contribution in [1.29, 1.82) is 0 Å². The molecule has 13 heteroatoms. The fourth-order valence-corrected chi connectivity index (χ4v) is 8.45. The third-order valence-corrected chi connectivity index (χ3v) is 10.8. The summed E-state index contributed by atoms with van der Waals surface area (Å²) in [6, 6.07) is 1.06. The Balaban J connectivity index is 1.37. The summed E-state index contributed by atoms with van der Waals surface area (Å²) in [4.78, 5) is 58.9. The van der Waals surface area contributed by atoms with Gasteiger partial charge in [0.05, 0.1) is 23.2 Å². The maximum atomic E-state index is 14.2. The average molecular weight is 638 g/mol. The Labute approximate surface area is 267 Å². The van der Waals surface area contributed by atoms with E-state index < -0.39 is 63.8 Å². The van der Waals surface area contributed by atoms with Gasteiger partial charge in [-0.2, -0.15) is 0 Å². The van der Waals surface area contributed by atoms with Crippen molar-refractivity contribution in [2.45, 2.75) is 62.6 Å². The number of aromatic hydroxyl groups is 1. The predicted molar refractivity (Wildman–Crippen MR) is 169 cm³/mol. The lowest BCUT2D eigenvalue weighted by molar-refractivity contribution is -0.148. The second-order valence-corrected chi connectivity index (χ2v) is 13.9. The fourth-order valence-electron chi connectivity index (χ4n) is 8.45. The van der Waals surface area contributed by atoms with Crippen LogP contribution in [0.4, 0.5) is 11.4 Å². The van der Waals surface area contributed by atoms with Gasteiger partial charge >= 0.3 is 0 Å². The SMILES string of the molecule is CN(C)c1cc(NC(=O)C2CN(C3CCCCC3)C2)c(O)c2c1C[C@H]1C[C@H]3[C@H](N(C)C)C(O)=C(C(N)=O)C(=O)[C@@]3(O)C(O)=C1C2=O. The number of rotatable bonds is 6. The molecule has 1 aromatic carbocycles. The summed E-state index contributed by atoms with van der Waals surface area (Å²) in [5, 5.41) is 48.7. The van der Waals surface area contributed by atoms with Crippen LogP contribution in [-0.4, -0.2) is 113 Å². The molecule has 4 aliphatic carbocycles. The highest BCUT2D eigenvalue weighted by molar-refractivity contribution is 6.25. The van der Waals surface area contributed by atoms with Gasteiger partial charge in [0.2, 0.25) is 11.7 Å². The zero-order valence-corrected chi connectivity index (χ0v) is 26.7. The number of anilines is 2. The Morgan fingerprint density at radius 3 is 2.28 bits per heavy atom. The van der Waals surface area contributed by atoms with E-state index in [9.17, 15) is 39.6 Å². The van der Waals surface area contributed by atoms with Crippen LogP contribution in [0.3, 0.4) is 0 Å². The number of carbonyl (C=O) groups excluding carboxylic acids is 4. The van der Waals surface area contributed by atoms with Gasteiger partial charge in [-0.1, -0.05) is 19.3 Å². The van der Waals surface area contributed by atoms with Crippen LogP contribution in [0.1, 0.15) is 54.4 Å². The predicted octanol–water partition coefficient (Wildman–Crippen LogP) is 1.39. The first-order chi connectivity index (χ1) is 21.7. The first-order valence-electron chi connectivity index (χ1n) is 15.9. The third kappa shape index (κ3) is 4.70. The van der Waals surface area contributed by atoms with E-state index in [4.69, 9.17) is 5.73 Å². The zero-order valence-electron chi connectivity index (χ0n) is 26.7. The van der Waals surface area contributed by atoms with E-state index in [0.717, 1.165) is 12.8 Å². The van der Waals surface area contributed by atoms with Crippen LogP contribution in [0.15, 0.2) is 28.7 Å². The normalized spacial score (nSPS) is 28.9. The Kier molecular flexibility index (Phi) is 7.93. The van der Waals surface area contributed by atoms with Gasteiger partial charge in [0.1, 0.15) is 17.1 Å². The number of benzene rings is 1. The van der Waals surface area contributed by atoms with Crippen LogP contribution in [0.25, 0.3) is 0 Å². The molecule has 0 unspecified atom stereocenters. The van der Waals surface area contributed by atoms with E-state index in [2.05, 4.69) is 10.2 Å². The minimum Gasteiger partial charge on any atom is -0.510 e. The largest absolute Gasteiger partial charge is 0.510 e. The van der Waals surface area contributed by atoms with Crippen molar-refractivity contribution in [3.8, 4) is 5.75 Å². The molecule has 4 atom stereocenters.